The van der Waals surface area contributed by atoms with Crippen molar-refractivity contribution in [3.63, 3.8) is 0 Å². The van der Waals surface area contributed by atoms with Crippen LogP contribution in [0, 0.1) is 5.82 Å². The van der Waals surface area contributed by atoms with Crippen LogP contribution >= 0.6 is 0 Å². The van der Waals surface area contributed by atoms with Crippen LogP contribution in [0.1, 0.15) is 33.2 Å². The molecule has 5 heteroatoms. The summed E-state index contributed by atoms with van der Waals surface area (Å²) < 4.78 is 13.3. The van der Waals surface area contributed by atoms with Crippen LogP contribution in [-0.4, -0.2) is 22.0 Å². The molecular formula is C16H13FO4. The molecule has 2 rings (SSSR count). The van der Waals surface area contributed by atoms with Crippen molar-refractivity contribution < 1.29 is 24.2 Å². The Hall–Kier alpha value is -2.53. The molecule has 0 fully saturated rings. The number of aliphatic hydroxyl groups is 1. The number of benzene rings is 2. The van der Waals surface area contributed by atoms with Gasteiger partial charge in [0, 0.05) is 5.56 Å². The number of aliphatic hydroxyl groups excluding tert-OH is 1. The molecule has 0 aliphatic rings. The minimum absolute atomic E-state index is 0.0127. The predicted molar refractivity (Wildman–Crippen MR) is 74.7 cm³/mol. The van der Waals surface area contributed by atoms with Gasteiger partial charge in [-0.25, -0.2) is 9.18 Å². The second kappa shape index (κ2) is 5.85. The van der Waals surface area contributed by atoms with Gasteiger partial charge in [-0.3, -0.25) is 4.79 Å². The summed E-state index contributed by atoms with van der Waals surface area (Å²) in [5.41, 5.74) is 1.21. The van der Waals surface area contributed by atoms with Gasteiger partial charge in [-0.1, -0.05) is 12.1 Å². The van der Waals surface area contributed by atoms with Crippen LogP contribution < -0.4 is 0 Å². The molecule has 21 heavy (non-hydrogen) atoms. The Morgan fingerprint density at radius 3 is 2.33 bits per heavy atom. The van der Waals surface area contributed by atoms with E-state index in [9.17, 15) is 24.2 Å². The summed E-state index contributed by atoms with van der Waals surface area (Å²) in [6, 6.07) is 7.95. The molecule has 0 unspecified atom stereocenters. The number of hydrogen-bond acceptors (Lipinski definition) is 3. The molecule has 0 aliphatic heterocycles. The van der Waals surface area contributed by atoms with Crippen LogP contribution in [0.5, 0.6) is 0 Å². The number of carbonyl (C=O) groups excluding carboxylic acids is 1. The SMILES string of the molecule is CC(=O)c1cc(F)ccc1-c1cc(CO)ccc1C(=O)O. The third-order valence-electron chi connectivity index (χ3n) is 3.15. The minimum atomic E-state index is -1.16. The highest BCUT2D eigenvalue weighted by molar-refractivity contribution is 6.04. The third kappa shape index (κ3) is 2.98. The van der Waals surface area contributed by atoms with E-state index in [1.165, 1.54) is 37.3 Å². The maximum Gasteiger partial charge on any atom is 0.336 e. The molecule has 2 aromatic rings. The topological polar surface area (TPSA) is 74.6 Å². The number of halogens is 1. The maximum atomic E-state index is 13.3. The Labute approximate surface area is 120 Å². The van der Waals surface area contributed by atoms with Crippen LogP contribution in [0.25, 0.3) is 11.1 Å². The fraction of sp³-hybridized carbons (Fsp3) is 0.125. The first-order valence-corrected chi connectivity index (χ1v) is 6.22. The molecule has 2 aromatic carbocycles. The van der Waals surface area contributed by atoms with E-state index < -0.39 is 11.8 Å². The van der Waals surface area contributed by atoms with Gasteiger partial charge in [0.25, 0.3) is 0 Å². The fourth-order valence-electron chi connectivity index (χ4n) is 2.14. The average Bonchev–Trinajstić information content (AvgIpc) is 2.46. The van der Waals surface area contributed by atoms with Gasteiger partial charge >= 0.3 is 5.97 Å². The highest BCUT2D eigenvalue weighted by Gasteiger charge is 2.17. The molecule has 0 bridgehead atoms. The predicted octanol–water partition coefficient (Wildman–Crippen LogP) is 2.89. The van der Waals surface area contributed by atoms with Crippen LogP contribution in [-0.2, 0) is 6.61 Å². The number of carbonyl (C=O) groups is 2. The quantitative estimate of drug-likeness (QED) is 0.848. The van der Waals surface area contributed by atoms with Gasteiger partial charge in [0.1, 0.15) is 5.82 Å². The van der Waals surface area contributed by atoms with Crippen LogP contribution in [0.2, 0.25) is 0 Å². The van der Waals surface area contributed by atoms with Gasteiger partial charge in [-0.05, 0) is 47.9 Å². The summed E-state index contributed by atoms with van der Waals surface area (Å²) in [5, 5.41) is 18.4. The summed E-state index contributed by atoms with van der Waals surface area (Å²) >= 11 is 0. The van der Waals surface area contributed by atoms with E-state index >= 15 is 0 Å². The molecule has 2 N–H and O–H groups in total. The molecule has 0 atom stereocenters. The number of carboxylic acids is 1. The Morgan fingerprint density at radius 1 is 1.05 bits per heavy atom. The fourth-order valence-corrected chi connectivity index (χ4v) is 2.14. The molecule has 0 heterocycles. The standard InChI is InChI=1S/C16H13FO4/c1-9(19)14-7-11(17)3-5-12(14)15-6-10(8-18)2-4-13(15)16(20)21/h2-7,18H,8H2,1H3,(H,20,21). The van der Waals surface area contributed by atoms with Gasteiger partial charge < -0.3 is 10.2 Å². The smallest absolute Gasteiger partial charge is 0.336 e. The zero-order chi connectivity index (χ0) is 15.6. The minimum Gasteiger partial charge on any atom is -0.478 e. The normalized spacial score (nSPS) is 10.4. The van der Waals surface area contributed by atoms with E-state index in [2.05, 4.69) is 0 Å². The highest BCUT2D eigenvalue weighted by atomic mass is 19.1. The summed E-state index contributed by atoms with van der Waals surface area (Å²) in [6.07, 6.45) is 0. The van der Waals surface area contributed by atoms with Crippen molar-refractivity contribution in [3.8, 4) is 11.1 Å². The number of ketones is 1. The van der Waals surface area contributed by atoms with Crippen molar-refractivity contribution in [2.75, 3.05) is 0 Å². The first-order chi connectivity index (χ1) is 9.93. The van der Waals surface area contributed by atoms with Gasteiger partial charge in [0.2, 0.25) is 0 Å². The number of aromatic carboxylic acids is 1. The third-order valence-corrected chi connectivity index (χ3v) is 3.15. The zero-order valence-corrected chi connectivity index (χ0v) is 11.3. The number of carboxylic acid groups (broad SMARTS) is 1. The van der Waals surface area contributed by atoms with E-state index in [0.717, 1.165) is 6.07 Å². The van der Waals surface area contributed by atoms with Gasteiger partial charge in [-0.15, -0.1) is 0 Å². The molecule has 0 spiro atoms. The van der Waals surface area contributed by atoms with Gasteiger partial charge in [-0.2, -0.15) is 0 Å². The summed E-state index contributed by atoms with van der Waals surface area (Å²) in [6.45, 7) is 1.03. The van der Waals surface area contributed by atoms with E-state index in [0.29, 0.717) is 11.1 Å². The number of Topliss-reactive ketones (excluding diaryl/α,β-unsaturated/α-hetero) is 1. The van der Waals surface area contributed by atoms with Crippen molar-refractivity contribution in [1.82, 2.24) is 0 Å². The van der Waals surface area contributed by atoms with Crippen LogP contribution in [0.15, 0.2) is 36.4 Å². The van der Waals surface area contributed by atoms with E-state index in [1.807, 2.05) is 0 Å². The molecular weight excluding hydrogens is 275 g/mol. The summed E-state index contributed by atoms with van der Waals surface area (Å²) in [4.78, 5) is 23.0. The molecule has 0 aliphatic carbocycles. The van der Waals surface area contributed by atoms with Crippen molar-refractivity contribution in [1.29, 1.82) is 0 Å². The van der Waals surface area contributed by atoms with Crippen molar-refractivity contribution in [2.24, 2.45) is 0 Å². The Balaban J connectivity index is 2.76. The monoisotopic (exact) mass is 288 g/mol. The number of hydrogen-bond donors (Lipinski definition) is 2. The summed E-state index contributed by atoms with van der Waals surface area (Å²) in [7, 11) is 0. The van der Waals surface area contributed by atoms with E-state index in [4.69, 9.17) is 0 Å². The molecule has 0 aromatic heterocycles. The molecule has 4 nitrogen and oxygen atoms in total. The first kappa shape index (κ1) is 14.9. The zero-order valence-electron chi connectivity index (χ0n) is 11.3. The molecule has 0 saturated carbocycles. The lowest BCUT2D eigenvalue weighted by molar-refractivity contribution is 0.0697. The Morgan fingerprint density at radius 2 is 1.76 bits per heavy atom. The molecule has 0 saturated heterocycles. The lowest BCUT2D eigenvalue weighted by Crippen LogP contribution is -2.04. The van der Waals surface area contributed by atoms with Crippen LogP contribution in [0.3, 0.4) is 0 Å². The first-order valence-electron chi connectivity index (χ1n) is 6.22. The number of rotatable bonds is 4. The van der Waals surface area contributed by atoms with Gasteiger partial charge in [0.15, 0.2) is 5.78 Å². The Kier molecular flexibility index (Phi) is 4.14. The second-order valence-electron chi connectivity index (χ2n) is 4.59. The maximum absolute atomic E-state index is 13.3. The lowest BCUT2D eigenvalue weighted by Gasteiger charge is -2.12. The largest absolute Gasteiger partial charge is 0.478 e. The summed E-state index contributed by atoms with van der Waals surface area (Å²) in [5.74, 6) is -2.09. The molecule has 108 valence electrons. The van der Waals surface area contributed by atoms with Gasteiger partial charge in [0.05, 0.1) is 12.2 Å². The molecule has 0 amide bonds. The molecule has 0 radical (unpaired) electrons. The second-order valence-corrected chi connectivity index (χ2v) is 4.59. The lowest BCUT2D eigenvalue weighted by atomic mass is 9.92. The average molecular weight is 288 g/mol. The highest BCUT2D eigenvalue weighted by Crippen LogP contribution is 2.29. The van der Waals surface area contributed by atoms with Crippen molar-refractivity contribution in [2.45, 2.75) is 13.5 Å². The van der Waals surface area contributed by atoms with Crippen molar-refractivity contribution >= 4 is 11.8 Å². The van der Waals surface area contributed by atoms with E-state index in [-0.39, 0.29) is 29.1 Å². The van der Waals surface area contributed by atoms with Crippen molar-refractivity contribution in [3.05, 3.63) is 58.9 Å². The van der Waals surface area contributed by atoms with E-state index in [1.54, 1.807) is 0 Å². The van der Waals surface area contributed by atoms with Crippen LogP contribution in [0.4, 0.5) is 4.39 Å². The Bertz CT molecular complexity index is 722.